The van der Waals surface area contributed by atoms with Crippen LogP contribution in [0.5, 0.6) is 5.75 Å². The maximum atomic E-state index is 14.6. The van der Waals surface area contributed by atoms with Crippen LogP contribution in [0.1, 0.15) is 69.4 Å². The van der Waals surface area contributed by atoms with Crippen LogP contribution in [0, 0.1) is 17.7 Å². The fourth-order valence-corrected chi connectivity index (χ4v) is 6.73. The van der Waals surface area contributed by atoms with Crippen molar-refractivity contribution in [1.29, 1.82) is 0 Å². The Morgan fingerprint density at radius 1 is 1.17 bits per heavy atom. The third-order valence-electron chi connectivity index (χ3n) is 7.85. The van der Waals surface area contributed by atoms with Gasteiger partial charge in [-0.05, 0) is 80.3 Å². The fraction of sp³-hybridized carbons (Fsp3) is 0.452. The quantitative estimate of drug-likeness (QED) is 0.343. The molecule has 0 bridgehead atoms. The van der Waals surface area contributed by atoms with Gasteiger partial charge in [0.2, 0.25) is 0 Å². The summed E-state index contributed by atoms with van der Waals surface area (Å²) < 4.78 is 48.9. The zero-order chi connectivity index (χ0) is 29.4. The van der Waals surface area contributed by atoms with E-state index in [1.807, 2.05) is 20.8 Å². The molecule has 1 saturated heterocycles. The van der Waals surface area contributed by atoms with Gasteiger partial charge in [0, 0.05) is 29.4 Å². The molecule has 5 rings (SSSR count). The number of sulfonamides is 1. The molecule has 1 amide bonds. The molecule has 1 saturated carbocycles. The number of halogens is 1. The van der Waals surface area contributed by atoms with Crippen molar-refractivity contribution in [2.24, 2.45) is 11.8 Å². The lowest BCUT2D eigenvalue weighted by atomic mass is 9.73. The lowest BCUT2D eigenvalue weighted by molar-refractivity contribution is 0.0981. The number of hydrogen-bond donors (Lipinski definition) is 1. The molecule has 218 valence electrons. The Hall–Kier alpha value is -3.53. The van der Waals surface area contributed by atoms with Crippen LogP contribution < -0.4 is 14.4 Å². The van der Waals surface area contributed by atoms with E-state index in [2.05, 4.69) is 21.5 Å². The lowest BCUT2D eigenvalue weighted by Gasteiger charge is -2.47. The number of nitrogens with one attached hydrogen (secondary N) is 1. The number of amides is 1. The van der Waals surface area contributed by atoms with E-state index < -0.39 is 21.7 Å². The van der Waals surface area contributed by atoms with Crippen LogP contribution in [0.25, 0.3) is 11.3 Å². The number of nitrogens with zero attached hydrogens (tertiary/aromatic N) is 3. The second-order valence-electron chi connectivity index (χ2n) is 11.7. The molecule has 1 aliphatic carbocycles. The van der Waals surface area contributed by atoms with Crippen molar-refractivity contribution >= 4 is 21.7 Å². The normalized spacial score (nSPS) is 18.0. The summed E-state index contributed by atoms with van der Waals surface area (Å²) >= 11 is 0. The van der Waals surface area contributed by atoms with E-state index in [0.29, 0.717) is 54.0 Å². The van der Waals surface area contributed by atoms with Crippen molar-refractivity contribution in [2.75, 3.05) is 18.1 Å². The largest absolute Gasteiger partial charge is 0.493 e. The monoisotopic (exact) mass is 580 g/mol. The highest BCUT2D eigenvalue weighted by Gasteiger charge is 2.49. The Morgan fingerprint density at radius 3 is 2.63 bits per heavy atom. The molecule has 1 N–H and O–H groups in total. The number of pyridine rings is 2. The zero-order valence-electron chi connectivity index (χ0n) is 24.0. The predicted octanol–water partition coefficient (Wildman–Crippen LogP) is 5.77. The summed E-state index contributed by atoms with van der Waals surface area (Å²) in [6, 6.07) is 12.4. The van der Waals surface area contributed by atoms with Gasteiger partial charge in [0.15, 0.2) is 5.03 Å². The van der Waals surface area contributed by atoms with Gasteiger partial charge in [0.1, 0.15) is 17.4 Å². The van der Waals surface area contributed by atoms with Crippen LogP contribution in [0.15, 0.2) is 53.6 Å². The van der Waals surface area contributed by atoms with E-state index in [4.69, 9.17) is 9.72 Å². The minimum atomic E-state index is -4.22. The van der Waals surface area contributed by atoms with Crippen molar-refractivity contribution in [1.82, 2.24) is 14.7 Å². The highest BCUT2D eigenvalue weighted by molar-refractivity contribution is 7.90. The van der Waals surface area contributed by atoms with Gasteiger partial charge in [-0.25, -0.2) is 19.1 Å². The molecule has 1 aromatic carbocycles. The third-order valence-corrected chi connectivity index (χ3v) is 9.08. The Bertz CT molecular complexity index is 1560. The molecular weight excluding hydrogens is 543 g/mol. The van der Waals surface area contributed by atoms with Gasteiger partial charge < -0.3 is 9.64 Å². The molecule has 1 unspecified atom stereocenters. The fourth-order valence-electron chi connectivity index (χ4n) is 5.78. The van der Waals surface area contributed by atoms with Crippen LogP contribution in [-0.2, 0) is 16.4 Å². The van der Waals surface area contributed by atoms with Crippen molar-refractivity contribution in [2.45, 2.75) is 70.4 Å². The molecule has 3 heterocycles. The Balaban J connectivity index is 1.54. The molecular formula is C31H37FN4O4S. The highest BCUT2D eigenvalue weighted by Crippen LogP contribution is 2.49. The molecule has 10 heteroatoms. The molecule has 8 nitrogen and oxygen atoms in total. The summed E-state index contributed by atoms with van der Waals surface area (Å²) in [4.78, 5) is 24.9. The first-order valence-corrected chi connectivity index (χ1v) is 15.7. The number of carbonyl (C=O) groups excluding carboxylic acids is 1. The second kappa shape index (κ2) is 11.4. The molecule has 3 aromatic rings. The van der Waals surface area contributed by atoms with E-state index in [1.54, 1.807) is 30.3 Å². The van der Waals surface area contributed by atoms with Crippen molar-refractivity contribution in [3.05, 3.63) is 65.6 Å². The Kier molecular flexibility index (Phi) is 8.05. The third kappa shape index (κ3) is 6.07. The predicted molar refractivity (Wildman–Crippen MR) is 156 cm³/mol. The summed E-state index contributed by atoms with van der Waals surface area (Å²) in [7, 11) is -4.22. The molecule has 2 aliphatic rings. The molecule has 1 spiro atoms. The number of hydrogen-bond acceptors (Lipinski definition) is 7. The number of aryl methyl sites for hydroxylation is 1. The number of benzene rings is 1. The van der Waals surface area contributed by atoms with Crippen LogP contribution in [0.3, 0.4) is 0 Å². The van der Waals surface area contributed by atoms with E-state index in [0.717, 1.165) is 25.7 Å². The minimum absolute atomic E-state index is 0.122. The molecule has 0 radical (unpaired) electrons. The first kappa shape index (κ1) is 29.0. The van der Waals surface area contributed by atoms with Gasteiger partial charge >= 0.3 is 0 Å². The van der Waals surface area contributed by atoms with Crippen LogP contribution in [0.4, 0.5) is 10.2 Å². The average molecular weight is 581 g/mol. The summed E-state index contributed by atoms with van der Waals surface area (Å²) in [6.45, 7) is 9.21. The van der Waals surface area contributed by atoms with Crippen LogP contribution in [-0.4, -0.2) is 43.0 Å². The van der Waals surface area contributed by atoms with Crippen molar-refractivity contribution in [3.63, 3.8) is 0 Å². The molecule has 41 heavy (non-hydrogen) atoms. The maximum Gasteiger partial charge on any atom is 0.281 e. The highest BCUT2D eigenvalue weighted by atomic mass is 32.2. The topological polar surface area (TPSA) is 101 Å². The molecule has 1 atom stereocenters. The van der Waals surface area contributed by atoms with E-state index >= 15 is 0 Å². The van der Waals surface area contributed by atoms with E-state index in [1.165, 1.54) is 18.2 Å². The smallest absolute Gasteiger partial charge is 0.281 e. The van der Waals surface area contributed by atoms with Gasteiger partial charge in [-0.3, -0.25) is 4.79 Å². The molecule has 1 aliphatic heterocycles. The summed E-state index contributed by atoms with van der Waals surface area (Å²) in [5, 5.41) is -0.213. The molecule has 2 fully saturated rings. The maximum absolute atomic E-state index is 14.6. The van der Waals surface area contributed by atoms with E-state index in [-0.39, 0.29) is 22.0 Å². The first-order valence-electron chi connectivity index (χ1n) is 14.3. The van der Waals surface area contributed by atoms with E-state index in [9.17, 15) is 17.6 Å². The number of ether oxygens (including phenoxy) is 1. The minimum Gasteiger partial charge on any atom is -0.493 e. The first-order chi connectivity index (χ1) is 19.5. The average Bonchev–Trinajstić information content (AvgIpc) is 3.29. The number of rotatable bonds is 9. The second-order valence-corrected chi connectivity index (χ2v) is 13.3. The zero-order valence-corrected chi connectivity index (χ0v) is 24.8. The Labute approximate surface area is 241 Å². The van der Waals surface area contributed by atoms with Crippen molar-refractivity contribution in [3.8, 4) is 17.0 Å². The standard InChI is InChI=1S/C31H37FN4O4S/c1-5-24-8-6-9-28(33-24)41(38,39)35-30(37)26-10-11-27(22-14-23(32)16-25(15-22)40-19-20(2)3)34-29(26)36-18-21(4)17-31(36)12-7-13-31/h6,8-11,14-16,20-21H,5,7,12-13,17-19H2,1-4H3,(H,35,37). The summed E-state index contributed by atoms with van der Waals surface area (Å²) in [5.41, 5.74) is 1.62. The summed E-state index contributed by atoms with van der Waals surface area (Å²) in [5.74, 6) is 0.226. The van der Waals surface area contributed by atoms with Crippen LogP contribution in [0.2, 0.25) is 0 Å². The van der Waals surface area contributed by atoms with Gasteiger partial charge in [-0.1, -0.05) is 33.8 Å². The lowest BCUT2D eigenvalue weighted by Crippen LogP contribution is -2.50. The van der Waals surface area contributed by atoms with Gasteiger partial charge in [0.05, 0.1) is 17.9 Å². The van der Waals surface area contributed by atoms with Gasteiger partial charge in [-0.15, -0.1) is 0 Å². The Morgan fingerprint density at radius 2 is 1.95 bits per heavy atom. The van der Waals surface area contributed by atoms with Crippen LogP contribution >= 0.6 is 0 Å². The number of anilines is 1. The number of carbonyl (C=O) groups is 1. The molecule has 2 aromatic heterocycles. The SMILES string of the molecule is CCc1cccc(S(=O)(=O)NC(=O)c2ccc(-c3cc(F)cc(OCC(C)C)c3)nc2N2CC(C)CC23CCC3)n1. The summed E-state index contributed by atoms with van der Waals surface area (Å²) in [6.07, 6.45) is 4.57. The van der Waals surface area contributed by atoms with Crippen molar-refractivity contribution < 1.29 is 22.3 Å². The van der Waals surface area contributed by atoms with Gasteiger partial charge in [0.25, 0.3) is 15.9 Å². The van der Waals surface area contributed by atoms with Gasteiger partial charge in [-0.2, -0.15) is 8.42 Å². The number of aromatic nitrogens is 2.